The molecule has 0 aliphatic heterocycles. The number of nitrogens with one attached hydrogen (secondary N) is 2. The molecule has 0 aliphatic carbocycles. The van der Waals surface area contributed by atoms with Crippen LogP contribution in [0.4, 0.5) is 11.4 Å². The third kappa shape index (κ3) is 5.04. The summed E-state index contributed by atoms with van der Waals surface area (Å²) < 4.78 is 5.37. The van der Waals surface area contributed by atoms with Crippen LogP contribution in [-0.4, -0.2) is 17.8 Å². The Morgan fingerprint density at radius 3 is 2.14 bits per heavy atom. The van der Waals surface area contributed by atoms with Crippen LogP contribution in [0, 0.1) is 0 Å². The molecule has 3 rings (SSSR count). The van der Waals surface area contributed by atoms with Gasteiger partial charge in [-0.15, -0.1) is 0 Å². The van der Waals surface area contributed by atoms with E-state index in [1.807, 2.05) is 18.2 Å². The van der Waals surface area contributed by atoms with E-state index in [9.17, 15) is 14.4 Å². The topological polar surface area (TPSA) is 84.5 Å². The molecule has 3 aromatic carbocycles. The molecule has 28 heavy (non-hydrogen) atoms. The molecule has 6 nitrogen and oxygen atoms in total. The summed E-state index contributed by atoms with van der Waals surface area (Å²) >= 11 is 0. The molecule has 0 fully saturated rings. The molecule has 2 N–H and O–H groups in total. The molecule has 0 saturated heterocycles. The van der Waals surface area contributed by atoms with Gasteiger partial charge in [-0.2, -0.15) is 0 Å². The lowest BCUT2D eigenvalue weighted by Gasteiger charge is -2.09. The maximum absolute atomic E-state index is 12.4. The number of esters is 1. The van der Waals surface area contributed by atoms with E-state index in [0.29, 0.717) is 16.9 Å². The largest absolute Gasteiger partial charge is 0.423 e. The zero-order chi connectivity index (χ0) is 19.9. The van der Waals surface area contributed by atoms with Crippen molar-refractivity contribution in [3.8, 4) is 5.75 Å². The third-order valence-electron chi connectivity index (χ3n) is 3.76. The number of hydrogen-bond donors (Lipinski definition) is 2. The molecule has 0 aromatic heterocycles. The average Bonchev–Trinajstić information content (AvgIpc) is 2.68. The highest BCUT2D eigenvalue weighted by molar-refractivity contribution is 6.04. The van der Waals surface area contributed by atoms with Crippen LogP contribution < -0.4 is 15.4 Å². The Bertz CT molecular complexity index is 1020. The van der Waals surface area contributed by atoms with Gasteiger partial charge in [-0.25, -0.2) is 4.79 Å². The first-order valence-corrected chi connectivity index (χ1v) is 8.57. The van der Waals surface area contributed by atoms with Crippen LogP contribution in [0.1, 0.15) is 27.6 Å². The number of ether oxygens (including phenoxy) is 1. The number of amides is 2. The SMILES string of the molecule is CC(=O)Nc1cccc(C(=O)Oc2cccc(C(=O)Nc3ccccc3)c2)c1. The zero-order valence-electron chi connectivity index (χ0n) is 15.1. The van der Waals surface area contributed by atoms with Gasteiger partial charge in [-0.1, -0.05) is 30.3 Å². The molecule has 0 unspecified atom stereocenters. The standard InChI is InChI=1S/C22H18N2O4/c1-15(25)23-19-11-5-8-17(13-19)22(27)28-20-12-6-7-16(14-20)21(26)24-18-9-3-2-4-10-18/h2-14H,1H3,(H,23,25)(H,24,26). The van der Waals surface area contributed by atoms with Gasteiger partial charge < -0.3 is 15.4 Å². The number of rotatable bonds is 5. The normalized spacial score (nSPS) is 10.0. The molecular formula is C22H18N2O4. The Hall–Kier alpha value is -3.93. The van der Waals surface area contributed by atoms with Crippen LogP contribution in [0.15, 0.2) is 78.9 Å². The smallest absolute Gasteiger partial charge is 0.343 e. The summed E-state index contributed by atoms with van der Waals surface area (Å²) in [5.41, 5.74) is 1.81. The molecule has 6 heteroatoms. The van der Waals surface area contributed by atoms with Gasteiger partial charge in [0.15, 0.2) is 0 Å². The zero-order valence-corrected chi connectivity index (χ0v) is 15.1. The molecule has 0 spiro atoms. The lowest BCUT2D eigenvalue weighted by Crippen LogP contribution is -2.13. The fourth-order valence-electron chi connectivity index (χ4n) is 2.52. The van der Waals surface area contributed by atoms with Crippen LogP contribution >= 0.6 is 0 Å². The first-order chi connectivity index (χ1) is 13.5. The second-order valence-corrected chi connectivity index (χ2v) is 6.00. The molecule has 0 heterocycles. The molecule has 3 aromatic rings. The number of anilines is 2. The lowest BCUT2D eigenvalue weighted by molar-refractivity contribution is -0.114. The second kappa shape index (κ2) is 8.64. The van der Waals surface area contributed by atoms with E-state index in [-0.39, 0.29) is 23.1 Å². The van der Waals surface area contributed by atoms with Crippen LogP contribution in [0.2, 0.25) is 0 Å². The highest BCUT2D eigenvalue weighted by atomic mass is 16.5. The fraction of sp³-hybridized carbons (Fsp3) is 0.0455. The number of benzene rings is 3. The Morgan fingerprint density at radius 2 is 1.39 bits per heavy atom. The first-order valence-electron chi connectivity index (χ1n) is 8.57. The second-order valence-electron chi connectivity index (χ2n) is 6.00. The molecule has 140 valence electrons. The number of para-hydroxylation sites is 1. The van der Waals surface area contributed by atoms with Crippen molar-refractivity contribution >= 4 is 29.2 Å². The van der Waals surface area contributed by atoms with Gasteiger partial charge in [0.2, 0.25) is 5.91 Å². The lowest BCUT2D eigenvalue weighted by atomic mass is 10.2. The Balaban J connectivity index is 1.71. The van der Waals surface area contributed by atoms with E-state index >= 15 is 0 Å². The summed E-state index contributed by atoms with van der Waals surface area (Å²) in [5, 5.41) is 5.39. The van der Waals surface area contributed by atoms with Crippen molar-refractivity contribution in [3.05, 3.63) is 90.0 Å². The maximum atomic E-state index is 12.4. The summed E-state index contributed by atoms with van der Waals surface area (Å²) in [4.78, 5) is 35.9. The summed E-state index contributed by atoms with van der Waals surface area (Å²) in [7, 11) is 0. The number of carbonyl (C=O) groups excluding carboxylic acids is 3. The highest BCUT2D eigenvalue weighted by Gasteiger charge is 2.12. The molecule has 0 atom stereocenters. The molecule has 0 saturated carbocycles. The quantitative estimate of drug-likeness (QED) is 0.520. The predicted octanol–water partition coefficient (Wildman–Crippen LogP) is 4.12. The van der Waals surface area contributed by atoms with E-state index in [0.717, 1.165) is 0 Å². The first kappa shape index (κ1) is 18.8. The number of carbonyl (C=O) groups is 3. The third-order valence-corrected chi connectivity index (χ3v) is 3.76. The minimum atomic E-state index is -0.590. The summed E-state index contributed by atoms with van der Waals surface area (Å²) in [6.45, 7) is 1.39. The van der Waals surface area contributed by atoms with E-state index in [2.05, 4.69) is 10.6 Å². The van der Waals surface area contributed by atoms with Crippen molar-refractivity contribution in [2.24, 2.45) is 0 Å². The minimum absolute atomic E-state index is 0.234. The Morgan fingerprint density at radius 1 is 0.714 bits per heavy atom. The van der Waals surface area contributed by atoms with E-state index in [1.54, 1.807) is 48.5 Å². The van der Waals surface area contributed by atoms with Crippen LogP contribution in [0.5, 0.6) is 5.75 Å². The minimum Gasteiger partial charge on any atom is -0.423 e. The van der Waals surface area contributed by atoms with Gasteiger partial charge in [0.05, 0.1) is 5.56 Å². The van der Waals surface area contributed by atoms with Crippen LogP contribution in [0.3, 0.4) is 0 Å². The van der Waals surface area contributed by atoms with Crippen molar-refractivity contribution in [2.45, 2.75) is 6.92 Å². The number of hydrogen-bond acceptors (Lipinski definition) is 4. The van der Waals surface area contributed by atoms with Crippen molar-refractivity contribution < 1.29 is 19.1 Å². The Labute approximate surface area is 162 Å². The molecule has 0 radical (unpaired) electrons. The van der Waals surface area contributed by atoms with E-state index in [1.165, 1.54) is 19.1 Å². The van der Waals surface area contributed by atoms with E-state index in [4.69, 9.17) is 4.74 Å². The van der Waals surface area contributed by atoms with Crippen LogP contribution in [-0.2, 0) is 4.79 Å². The monoisotopic (exact) mass is 374 g/mol. The molecule has 0 aliphatic rings. The maximum Gasteiger partial charge on any atom is 0.343 e. The van der Waals surface area contributed by atoms with Gasteiger partial charge in [0.25, 0.3) is 5.91 Å². The van der Waals surface area contributed by atoms with Crippen LogP contribution in [0.25, 0.3) is 0 Å². The van der Waals surface area contributed by atoms with Gasteiger partial charge >= 0.3 is 5.97 Å². The predicted molar refractivity (Wildman–Crippen MR) is 107 cm³/mol. The fourth-order valence-corrected chi connectivity index (χ4v) is 2.52. The average molecular weight is 374 g/mol. The van der Waals surface area contributed by atoms with Crippen molar-refractivity contribution in [1.29, 1.82) is 0 Å². The summed E-state index contributed by atoms with van der Waals surface area (Å²) in [6.07, 6.45) is 0. The van der Waals surface area contributed by atoms with Crippen molar-refractivity contribution in [1.82, 2.24) is 0 Å². The molecular weight excluding hydrogens is 356 g/mol. The summed E-state index contributed by atoms with van der Waals surface area (Å²) in [6, 6.07) is 21.8. The summed E-state index contributed by atoms with van der Waals surface area (Å²) in [5.74, 6) is -0.886. The highest BCUT2D eigenvalue weighted by Crippen LogP contribution is 2.18. The van der Waals surface area contributed by atoms with E-state index < -0.39 is 5.97 Å². The van der Waals surface area contributed by atoms with Gasteiger partial charge in [0, 0.05) is 23.9 Å². The van der Waals surface area contributed by atoms with Gasteiger partial charge in [-0.05, 0) is 48.5 Å². The van der Waals surface area contributed by atoms with Gasteiger partial charge in [0.1, 0.15) is 5.75 Å². The van der Waals surface area contributed by atoms with Crippen molar-refractivity contribution in [2.75, 3.05) is 10.6 Å². The Kier molecular flexibility index (Phi) is 5.81. The molecule has 0 bridgehead atoms. The van der Waals surface area contributed by atoms with Gasteiger partial charge in [-0.3, -0.25) is 9.59 Å². The van der Waals surface area contributed by atoms with Crippen molar-refractivity contribution in [3.63, 3.8) is 0 Å². The molecule has 2 amide bonds.